The largest absolute Gasteiger partial charge is 0.489 e. The Balaban J connectivity index is 1.23. The number of hydrogen-bond donors (Lipinski definition) is 0. The lowest BCUT2D eigenvalue weighted by Gasteiger charge is -2.34. The molecule has 2 aromatic carbocycles. The Bertz CT molecular complexity index is 1140. The number of carbonyl (C=O) groups is 3. The average molecular weight is 466 g/mol. The van der Waals surface area contributed by atoms with Crippen molar-refractivity contribution < 1.29 is 32.7 Å². The van der Waals surface area contributed by atoms with E-state index in [0.29, 0.717) is 31.9 Å². The molecule has 0 aliphatic carbocycles. The first-order chi connectivity index (χ1) is 16.5. The summed E-state index contributed by atoms with van der Waals surface area (Å²) in [6.45, 7) is 1.24. The summed E-state index contributed by atoms with van der Waals surface area (Å²) in [6, 6.07) is 15.6. The van der Waals surface area contributed by atoms with Gasteiger partial charge >= 0.3 is 5.97 Å². The number of benzene rings is 2. The zero-order valence-corrected chi connectivity index (χ0v) is 18.3. The van der Waals surface area contributed by atoms with Gasteiger partial charge in [0, 0.05) is 26.2 Å². The highest BCUT2D eigenvalue weighted by Gasteiger charge is 2.26. The number of nitrogens with zero attached hydrogens (tertiary/aromatic N) is 2. The molecule has 0 N–H and O–H groups in total. The molecule has 0 radical (unpaired) electrons. The second kappa shape index (κ2) is 10.7. The van der Waals surface area contributed by atoms with E-state index in [2.05, 4.69) is 0 Å². The predicted molar refractivity (Wildman–Crippen MR) is 119 cm³/mol. The molecule has 176 valence electrons. The van der Waals surface area contributed by atoms with Gasteiger partial charge in [0.25, 0.3) is 11.8 Å². The number of furan rings is 1. The van der Waals surface area contributed by atoms with Crippen LogP contribution in [0.1, 0.15) is 26.5 Å². The van der Waals surface area contributed by atoms with E-state index >= 15 is 0 Å². The molecule has 2 amide bonds. The van der Waals surface area contributed by atoms with Crippen molar-refractivity contribution in [1.82, 2.24) is 9.80 Å². The fourth-order valence-corrected chi connectivity index (χ4v) is 3.48. The summed E-state index contributed by atoms with van der Waals surface area (Å²) < 4.78 is 29.0. The lowest BCUT2D eigenvalue weighted by Crippen LogP contribution is -2.51. The van der Waals surface area contributed by atoms with E-state index in [0.717, 1.165) is 5.56 Å². The van der Waals surface area contributed by atoms with Gasteiger partial charge in [-0.3, -0.25) is 9.59 Å². The lowest BCUT2D eigenvalue weighted by molar-refractivity contribution is -0.136. The van der Waals surface area contributed by atoms with Gasteiger partial charge < -0.3 is 23.7 Å². The maximum absolute atomic E-state index is 13.0. The van der Waals surface area contributed by atoms with Gasteiger partial charge in [0.2, 0.25) is 0 Å². The molecule has 0 atom stereocenters. The molecule has 1 aliphatic rings. The number of ether oxygens (including phenoxy) is 2. The first-order valence-corrected chi connectivity index (χ1v) is 10.7. The van der Waals surface area contributed by atoms with E-state index in [1.165, 1.54) is 24.5 Å². The molecular weight excluding hydrogens is 443 g/mol. The van der Waals surface area contributed by atoms with Crippen LogP contribution in [0.4, 0.5) is 4.39 Å². The fraction of sp³-hybridized carbons (Fsp3) is 0.240. The summed E-state index contributed by atoms with van der Waals surface area (Å²) in [5.74, 6) is -0.813. The van der Waals surface area contributed by atoms with E-state index in [9.17, 15) is 18.8 Å². The highest BCUT2D eigenvalue weighted by Crippen LogP contribution is 2.17. The van der Waals surface area contributed by atoms with Crippen molar-refractivity contribution in [3.8, 4) is 5.75 Å². The summed E-state index contributed by atoms with van der Waals surface area (Å²) in [5, 5.41) is 0. The number of carbonyl (C=O) groups excluding carboxylic acids is 3. The zero-order chi connectivity index (χ0) is 23.9. The van der Waals surface area contributed by atoms with Crippen LogP contribution in [-0.2, 0) is 16.1 Å². The topological polar surface area (TPSA) is 89.3 Å². The van der Waals surface area contributed by atoms with Crippen LogP contribution in [0, 0.1) is 5.82 Å². The minimum atomic E-state index is -0.646. The molecule has 1 saturated heterocycles. The molecule has 0 spiro atoms. The highest BCUT2D eigenvalue weighted by molar-refractivity contribution is 5.92. The molecule has 4 rings (SSSR count). The van der Waals surface area contributed by atoms with Crippen LogP contribution in [0.3, 0.4) is 0 Å². The Morgan fingerprint density at radius 1 is 0.912 bits per heavy atom. The van der Waals surface area contributed by atoms with Crippen molar-refractivity contribution >= 4 is 17.8 Å². The number of rotatable bonds is 7. The molecule has 9 heteroatoms. The Hall–Kier alpha value is -4.14. The maximum Gasteiger partial charge on any atom is 0.338 e. The normalized spacial score (nSPS) is 13.4. The molecule has 34 heavy (non-hydrogen) atoms. The van der Waals surface area contributed by atoms with Crippen LogP contribution in [-0.4, -0.2) is 60.4 Å². The quantitative estimate of drug-likeness (QED) is 0.497. The van der Waals surface area contributed by atoms with E-state index in [1.54, 1.807) is 52.3 Å². The second-order valence-electron chi connectivity index (χ2n) is 7.67. The number of piperazine rings is 1. The van der Waals surface area contributed by atoms with Crippen LogP contribution in [0.2, 0.25) is 0 Å². The van der Waals surface area contributed by atoms with E-state index in [-0.39, 0.29) is 35.6 Å². The zero-order valence-electron chi connectivity index (χ0n) is 18.3. The van der Waals surface area contributed by atoms with Gasteiger partial charge in [-0.05, 0) is 48.0 Å². The van der Waals surface area contributed by atoms with Gasteiger partial charge in [-0.1, -0.05) is 18.2 Å². The first-order valence-electron chi connectivity index (χ1n) is 10.7. The third-order valence-corrected chi connectivity index (χ3v) is 5.37. The van der Waals surface area contributed by atoms with Crippen LogP contribution in [0.5, 0.6) is 5.75 Å². The van der Waals surface area contributed by atoms with Gasteiger partial charge in [0.15, 0.2) is 12.4 Å². The fourth-order valence-electron chi connectivity index (χ4n) is 3.48. The van der Waals surface area contributed by atoms with Crippen molar-refractivity contribution in [3.05, 3.63) is 89.6 Å². The van der Waals surface area contributed by atoms with E-state index in [4.69, 9.17) is 13.9 Å². The minimum absolute atomic E-state index is 0.214. The molecule has 1 aliphatic heterocycles. The minimum Gasteiger partial charge on any atom is -0.489 e. The molecule has 0 bridgehead atoms. The predicted octanol–water partition coefficient (Wildman–Crippen LogP) is 3.14. The molecule has 1 fully saturated rings. The smallest absolute Gasteiger partial charge is 0.338 e. The monoisotopic (exact) mass is 466 g/mol. The number of halogens is 1. The second-order valence-corrected chi connectivity index (χ2v) is 7.67. The lowest BCUT2D eigenvalue weighted by atomic mass is 10.2. The van der Waals surface area contributed by atoms with Gasteiger partial charge in [-0.25, -0.2) is 9.18 Å². The van der Waals surface area contributed by atoms with Crippen LogP contribution >= 0.6 is 0 Å². The molecule has 8 nitrogen and oxygen atoms in total. The SMILES string of the molecule is O=C(OCC(=O)N1CCN(C(=O)c2ccco2)CC1)c1cccc(OCc2ccc(F)cc2)c1. The molecule has 0 unspecified atom stereocenters. The summed E-state index contributed by atoms with van der Waals surface area (Å²) >= 11 is 0. The summed E-state index contributed by atoms with van der Waals surface area (Å²) in [7, 11) is 0. The molecule has 1 aromatic heterocycles. The van der Waals surface area contributed by atoms with Crippen LogP contribution in [0.25, 0.3) is 0 Å². The first kappa shape index (κ1) is 23.0. The molecule has 3 aromatic rings. The average Bonchev–Trinajstić information content (AvgIpc) is 3.42. The molecular formula is C25H23FN2O6. The van der Waals surface area contributed by atoms with Crippen molar-refractivity contribution in [2.45, 2.75) is 6.61 Å². The van der Waals surface area contributed by atoms with Gasteiger partial charge in [-0.15, -0.1) is 0 Å². The summed E-state index contributed by atoms with van der Waals surface area (Å²) in [6.07, 6.45) is 1.44. The molecule has 0 saturated carbocycles. The van der Waals surface area contributed by atoms with Crippen molar-refractivity contribution in [2.24, 2.45) is 0 Å². The number of esters is 1. The van der Waals surface area contributed by atoms with Crippen LogP contribution in [0.15, 0.2) is 71.3 Å². The Morgan fingerprint density at radius 2 is 1.65 bits per heavy atom. The summed E-state index contributed by atoms with van der Waals surface area (Å²) in [5.41, 5.74) is 1.03. The number of hydrogen-bond acceptors (Lipinski definition) is 6. The third kappa shape index (κ3) is 5.80. The van der Waals surface area contributed by atoms with Gasteiger partial charge in [0.1, 0.15) is 18.2 Å². The Morgan fingerprint density at radius 3 is 2.35 bits per heavy atom. The standard InChI is InChI=1S/C25H23FN2O6/c26-20-8-6-18(7-9-20)16-33-21-4-1-3-19(15-21)25(31)34-17-23(29)27-10-12-28(13-11-27)24(30)22-5-2-14-32-22/h1-9,14-15H,10-13,16-17H2. The molecule has 2 heterocycles. The van der Waals surface area contributed by atoms with Crippen LogP contribution < -0.4 is 4.74 Å². The Labute approximate surface area is 195 Å². The van der Waals surface area contributed by atoms with Gasteiger partial charge in [0.05, 0.1) is 11.8 Å². The van der Waals surface area contributed by atoms with Crippen molar-refractivity contribution in [1.29, 1.82) is 0 Å². The Kier molecular flexibility index (Phi) is 7.22. The van der Waals surface area contributed by atoms with Gasteiger partial charge in [-0.2, -0.15) is 0 Å². The highest BCUT2D eigenvalue weighted by atomic mass is 19.1. The maximum atomic E-state index is 13.0. The van der Waals surface area contributed by atoms with Crippen molar-refractivity contribution in [3.63, 3.8) is 0 Å². The third-order valence-electron chi connectivity index (χ3n) is 5.37. The summed E-state index contributed by atoms with van der Waals surface area (Å²) in [4.78, 5) is 40.4. The number of amides is 2. The van der Waals surface area contributed by atoms with Crippen molar-refractivity contribution in [2.75, 3.05) is 32.8 Å². The van der Waals surface area contributed by atoms with E-state index < -0.39 is 12.6 Å². The van der Waals surface area contributed by atoms with E-state index in [1.807, 2.05) is 0 Å².